The van der Waals surface area contributed by atoms with Crippen LogP contribution in [0.5, 0.6) is 0 Å². The first-order chi connectivity index (χ1) is 17.0. The van der Waals surface area contributed by atoms with Crippen LogP contribution >= 0.6 is 0 Å². The molecule has 0 amide bonds. The Morgan fingerprint density at radius 1 is 1.08 bits per heavy atom. The lowest BCUT2D eigenvalue weighted by atomic mass is 10.2. The van der Waals surface area contributed by atoms with E-state index in [1.54, 1.807) is 0 Å². The van der Waals surface area contributed by atoms with E-state index in [1.165, 1.54) is 0 Å². The number of H-pyrrole nitrogens is 1. The van der Waals surface area contributed by atoms with Crippen molar-refractivity contribution in [3.05, 3.63) is 93.3 Å². The summed E-state index contributed by atoms with van der Waals surface area (Å²) in [5.74, 6) is 0. The highest BCUT2D eigenvalue weighted by atomic mass is 28.4. The summed E-state index contributed by atoms with van der Waals surface area (Å²) in [6, 6.07) is 19.9. The number of alkyl halides is 2. The fraction of sp³-hybridized carbons (Fsp3) is 0.385. The fourth-order valence-corrected chi connectivity index (χ4v) is 9.44. The van der Waals surface area contributed by atoms with Gasteiger partial charge in [-0.2, -0.15) is 0 Å². The number of nitrogens with zero attached hydrogens (tertiary/aromatic N) is 1. The summed E-state index contributed by atoms with van der Waals surface area (Å²) in [4.78, 5) is 25.9. The van der Waals surface area contributed by atoms with Crippen LogP contribution < -0.4 is 21.6 Å². The third-order valence-corrected chi connectivity index (χ3v) is 11.6. The molecule has 0 spiro atoms. The van der Waals surface area contributed by atoms with E-state index < -0.39 is 50.0 Å². The second-order valence-electron chi connectivity index (χ2n) is 9.96. The van der Waals surface area contributed by atoms with E-state index in [-0.39, 0.29) is 18.1 Å². The monoisotopic (exact) mass is 516 g/mol. The lowest BCUT2D eigenvalue weighted by Gasteiger charge is -2.43. The van der Waals surface area contributed by atoms with Crippen LogP contribution in [0.2, 0.25) is 5.04 Å². The van der Waals surface area contributed by atoms with Crippen molar-refractivity contribution < 1.29 is 23.1 Å². The highest BCUT2D eigenvalue weighted by Gasteiger charge is 2.51. The van der Waals surface area contributed by atoms with Gasteiger partial charge in [-0.05, 0) is 15.4 Å². The minimum atomic E-state index is -3.05. The molecule has 3 aromatic rings. The number of aromatic nitrogens is 2. The third kappa shape index (κ3) is 4.86. The number of nitrogens with one attached hydrogen (secondary N) is 1. The minimum Gasteiger partial charge on any atom is -0.405 e. The van der Waals surface area contributed by atoms with Crippen LogP contribution in [0.25, 0.3) is 0 Å². The quantitative estimate of drug-likeness (QED) is 0.471. The molecule has 1 fully saturated rings. The summed E-state index contributed by atoms with van der Waals surface area (Å²) in [5.41, 5.74) is -2.86. The molecule has 0 unspecified atom stereocenters. The van der Waals surface area contributed by atoms with Crippen molar-refractivity contribution in [3.63, 3.8) is 0 Å². The molecular formula is C26H30F2N2O5Si. The Bertz CT molecular complexity index is 1250. The lowest BCUT2D eigenvalue weighted by Crippen LogP contribution is -2.67. The van der Waals surface area contributed by atoms with E-state index >= 15 is 0 Å². The van der Waals surface area contributed by atoms with Crippen molar-refractivity contribution in [1.82, 2.24) is 9.55 Å². The van der Waals surface area contributed by atoms with Crippen LogP contribution in [-0.2, 0) is 9.16 Å². The Morgan fingerprint density at radius 2 is 1.64 bits per heavy atom. The van der Waals surface area contributed by atoms with Gasteiger partial charge in [0, 0.05) is 12.6 Å². The number of hydrogen-bond donors (Lipinski definition) is 2. The molecule has 0 bridgehead atoms. The van der Waals surface area contributed by atoms with Gasteiger partial charge >= 0.3 is 5.69 Å². The van der Waals surface area contributed by atoms with Crippen LogP contribution in [0.4, 0.5) is 8.78 Å². The molecule has 192 valence electrons. The molecule has 1 aliphatic rings. The zero-order valence-electron chi connectivity index (χ0n) is 20.4. The molecule has 2 aromatic carbocycles. The molecular weight excluding hydrogens is 486 g/mol. The summed E-state index contributed by atoms with van der Waals surface area (Å²) < 4.78 is 40.1. The summed E-state index contributed by atoms with van der Waals surface area (Å²) >= 11 is 0. The molecule has 2 N–H and O–H groups in total. The van der Waals surface area contributed by atoms with Gasteiger partial charge in [0.25, 0.3) is 20.3 Å². The van der Waals surface area contributed by atoms with Crippen molar-refractivity contribution in [3.8, 4) is 0 Å². The van der Waals surface area contributed by atoms with Gasteiger partial charge in [0.2, 0.25) is 0 Å². The number of aliphatic hydroxyl groups is 1. The average molecular weight is 517 g/mol. The summed E-state index contributed by atoms with van der Waals surface area (Å²) in [7, 11) is -2.90. The maximum atomic E-state index is 13.2. The van der Waals surface area contributed by atoms with Gasteiger partial charge in [-0.1, -0.05) is 81.4 Å². The molecule has 0 radical (unpaired) electrons. The first kappa shape index (κ1) is 26.1. The standard InChI is InChI=1S/C26H30F2N2O5Si/c1-26(2,3)36(17-10-6-4-7-11-17,18-12-8-5-9-13-18)34-16-21-20(31)14-22(35-21)30-15-19(23(27)28)24(32)29-25(30)33/h4-13,15,20-23,31H,14,16H2,1-3H3,(H,29,32,33)/t20-,21+,22+/m0/s1. The number of aliphatic hydroxyl groups excluding tert-OH is 1. The van der Waals surface area contributed by atoms with Crippen LogP contribution in [0, 0.1) is 0 Å². The van der Waals surface area contributed by atoms with Gasteiger partial charge in [-0.25, -0.2) is 13.6 Å². The number of ether oxygens (including phenoxy) is 1. The van der Waals surface area contributed by atoms with Crippen molar-refractivity contribution in [2.24, 2.45) is 0 Å². The highest BCUT2D eigenvalue weighted by molar-refractivity contribution is 6.99. The largest absolute Gasteiger partial charge is 0.405 e. The predicted octanol–water partition coefficient (Wildman–Crippen LogP) is 2.70. The molecule has 3 atom stereocenters. The van der Waals surface area contributed by atoms with Gasteiger partial charge < -0.3 is 14.3 Å². The Morgan fingerprint density at radius 3 is 2.14 bits per heavy atom. The summed E-state index contributed by atoms with van der Waals surface area (Å²) in [6.07, 6.45) is -5.08. The Kier molecular flexibility index (Phi) is 7.42. The van der Waals surface area contributed by atoms with Crippen molar-refractivity contribution in [1.29, 1.82) is 0 Å². The first-order valence-corrected chi connectivity index (χ1v) is 13.7. The van der Waals surface area contributed by atoms with Crippen molar-refractivity contribution in [2.45, 2.75) is 57.1 Å². The number of benzene rings is 2. The highest BCUT2D eigenvalue weighted by Crippen LogP contribution is 2.38. The first-order valence-electron chi connectivity index (χ1n) is 11.8. The minimum absolute atomic E-state index is 0.0105. The molecule has 7 nitrogen and oxygen atoms in total. The molecule has 1 aliphatic heterocycles. The average Bonchev–Trinajstić information content (AvgIpc) is 3.20. The van der Waals surface area contributed by atoms with E-state index in [4.69, 9.17) is 9.16 Å². The maximum absolute atomic E-state index is 13.2. The fourth-order valence-electron chi connectivity index (χ4n) is 4.87. The lowest BCUT2D eigenvalue weighted by molar-refractivity contribution is -0.0429. The molecule has 2 heterocycles. The van der Waals surface area contributed by atoms with E-state index in [9.17, 15) is 23.5 Å². The van der Waals surface area contributed by atoms with Gasteiger partial charge in [0.05, 0.1) is 18.3 Å². The van der Waals surface area contributed by atoms with Crippen molar-refractivity contribution >= 4 is 18.7 Å². The number of halogens is 2. The van der Waals surface area contributed by atoms with E-state index in [2.05, 4.69) is 20.8 Å². The maximum Gasteiger partial charge on any atom is 0.330 e. The Hall–Kier alpha value is -2.92. The molecule has 10 heteroatoms. The summed E-state index contributed by atoms with van der Waals surface area (Å²) in [5, 5.41) is 12.6. The topological polar surface area (TPSA) is 93.5 Å². The van der Waals surface area contributed by atoms with Crippen LogP contribution in [0.15, 0.2) is 76.4 Å². The number of aromatic amines is 1. The normalized spacial score (nSPS) is 20.7. The molecule has 0 aliphatic carbocycles. The zero-order valence-corrected chi connectivity index (χ0v) is 21.4. The van der Waals surface area contributed by atoms with Crippen molar-refractivity contribution in [2.75, 3.05) is 6.61 Å². The van der Waals surface area contributed by atoms with E-state index in [1.807, 2.05) is 65.6 Å². The van der Waals surface area contributed by atoms with Gasteiger partial charge in [-0.15, -0.1) is 0 Å². The molecule has 1 saturated heterocycles. The summed E-state index contributed by atoms with van der Waals surface area (Å²) in [6.45, 7) is 6.41. The molecule has 0 saturated carbocycles. The van der Waals surface area contributed by atoms with Crippen LogP contribution in [0.1, 0.15) is 45.4 Å². The second kappa shape index (κ2) is 10.2. The Balaban J connectivity index is 1.65. The third-order valence-electron chi connectivity index (χ3n) is 6.63. The molecule has 4 rings (SSSR count). The van der Waals surface area contributed by atoms with Crippen LogP contribution in [0.3, 0.4) is 0 Å². The van der Waals surface area contributed by atoms with Gasteiger partial charge in [-0.3, -0.25) is 14.3 Å². The molecule has 1 aromatic heterocycles. The van der Waals surface area contributed by atoms with Gasteiger partial charge in [0.15, 0.2) is 0 Å². The predicted molar refractivity (Wildman–Crippen MR) is 134 cm³/mol. The van der Waals surface area contributed by atoms with E-state index in [0.29, 0.717) is 0 Å². The van der Waals surface area contributed by atoms with Gasteiger partial charge in [0.1, 0.15) is 12.3 Å². The molecule has 36 heavy (non-hydrogen) atoms. The SMILES string of the molecule is CC(C)(C)[Si](OC[C@H]1O[C@@H](n2cc(C(F)F)c(=O)[nH]c2=O)C[C@@H]1O)(c1ccccc1)c1ccccc1. The Labute approximate surface area is 208 Å². The number of rotatable bonds is 7. The van der Waals surface area contributed by atoms with Crippen LogP contribution in [-0.4, -0.2) is 41.8 Å². The second-order valence-corrected chi connectivity index (χ2v) is 14.3. The number of hydrogen-bond acceptors (Lipinski definition) is 5. The smallest absolute Gasteiger partial charge is 0.330 e. The zero-order chi connectivity index (χ0) is 26.1. The van der Waals surface area contributed by atoms with E-state index in [0.717, 1.165) is 21.1 Å².